The highest BCUT2D eigenvalue weighted by Crippen LogP contribution is 2.49. The van der Waals surface area contributed by atoms with Crippen molar-refractivity contribution in [3.05, 3.63) is 11.6 Å². The minimum atomic E-state index is -1.01. The van der Waals surface area contributed by atoms with Crippen molar-refractivity contribution in [1.82, 2.24) is 0 Å². The Kier molecular flexibility index (Phi) is 2.24. The van der Waals surface area contributed by atoms with Gasteiger partial charge < -0.3 is 10.2 Å². The smallest absolute Gasteiger partial charge is 0.106 e. The number of hydrogen-bond donors (Lipinski definition) is 2. The Bertz CT molecular complexity index is 267. The highest BCUT2D eigenvalue weighted by molar-refractivity contribution is 5.25. The summed E-state index contributed by atoms with van der Waals surface area (Å²) >= 11 is 0. The molecule has 80 valence electrons. The molecule has 0 bridgehead atoms. The lowest BCUT2D eigenvalue weighted by molar-refractivity contribution is -0.0594. The lowest BCUT2D eigenvalue weighted by atomic mass is 9.63. The summed E-state index contributed by atoms with van der Waals surface area (Å²) in [4.78, 5) is 0. The minimum absolute atomic E-state index is 0.153. The Balaban J connectivity index is 2.34. The van der Waals surface area contributed by atoms with Gasteiger partial charge in [0.1, 0.15) is 5.60 Å². The topological polar surface area (TPSA) is 40.5 Å². The van der Waals surface area contributed by atoms with Gasteiger partial charge in [0.25, 0.3) is 0 Å². The molecule has 2 nitrogen and oxygen atoms in total. The monoisotopic (exact) mass is 196 g/mol. The number of aliphatic hydroxyl groups excluding tert-OH is 1. The fourth-order valence-corrected chi connectivity index (χ4v) is 2.85. The van der Waals surface area contributed by atoms with Crippen molar-refractivity contribution in [1.29, 1.82) is 0 Å². The molecule has 3 atom stereocenters. The van der Waals surface area contributed by atoms with Gasteiger partial charge in [-0.2, -0.15) is 0 Å². The predicted molar refractivity (Wildman–Crippen MR) is 55.9 cm³/mol. The molecule has 1 saturated carbocycles. The first-order valence-corrected chi connectivity index (χ1v) is 5.57. The molecular weight excluding hydrogens is 176 g/mol. The van der Waals surface area contributed by atoms with Gasteiger partial charge in [0, 0.05) is 0 Å². The summed E-state index contributed by atoms with van der Waals surface area (Å²) < 4.78 is 0. The zero-order valence-electron chi connectivity index (χ0n) is 9.08. The van der Waals surface area contributed by atoms with Gasteiger partial charge in [-0.3, -0.25) is 0 Å². The first-order valence-electron chi connectivity index (χ1n) is 5.57. The zero-order chi connectivity index (χ0) is 10.4. The summed E-state index contributed by atoms with van der Waals surface area (Å²) in [6.45, 7) is 3.93. The Hall–Kier alpha value is -0.340. The fourth-order valence-electron chi connectivity index (χ4n) is 2.85. The van der Waals surface area contributed by atoms with Crippen LogP contribution in [0, 0.1) is 5.41 Å². The average Bonchev–Trinajstić information content (AvgIpc) is 2.07. The molecule has 2 aliphatic rings. The molecule has 0 spiro atoms. The van der Waals surface area contributed by atoms with Crippen LogP contribution in [0.15, 0.2) is 11.6 Å². The molecule has 0 saturated heterocycles. The Morgan fingerprint density at radius 2 is 2.07 bits per heavy atom. The summed E-state index contributed by atoms with van der Waals surface area (Å²) in [6.07, 6.45) is 6.75. The van der Waals surface area contributed by atoms with Crippen LogP contribution in [0.4, 0.5) is 0 Å². The van der Waals surface area contributed by atoms with Crippen LogP contribution >= 0.6 is 0 Å². The van der Waals surface area contributed by atoms with Gasteiger partial charge >= 0.3 is 0 Å². The maximum atomic E-state index is 9.97. The SMILES string of the molecule is CC12CCCCC1=CC(C)(O)C(O)C2. The van der Waals surface area contributed by atoms with E-state index in [1.54, 1.807) is 6.92 Å². The maximum Gasteiger partial charge on any atom is 0.106 e. The number of aliphatic hydroxyl groups is 2. The van der Waals surface area contributed by atoms with E-state index in [4.69, 9.17) is 0 Å². The Morgan fingerprint density at radius 1 is 1.36 bits per heavy atom. The van der Waals surface area contributed by atoms with Crippen molar-refractivity contribution < 1.29 is 10.2 Å². The molecule has 0 aliphatic heterocycles. The summed E-state index contributed by atoms with van der Waals surface area (Å²) in [5.41, 5.74) is 0.505. The van der Waals surface area contributed by atoms with Gasteiger partial charge in [-0.1, -0.05) is 25.0 Å². The highest BCUT2D eigenvalue weighted by atomic mass is 16.3. The van der Waals surface area contributed by atoms with Crippen molar-refractivity contribution in [2.45, 2.75) is 57.7 Å². The molecule has 14 heavy (non-hydrogen) atoms. The normalized spacial score (nSPS) is 48.3. The third-order valence-electron chi connectivity index (χ3n) is 3.98. The molecular formula is C12H20O2. The summed E-state index contributed by atoms with van der Waals surface area (Å²) in [5, 5.41) is 19.8. The average molecular weight is 196 g/mol. The second-order valence-corrected chi connectivity index (χ2v) is 5.38. The molecule has 0 radical (unpaired) electrons. The second-order valence-electron chi connectivity index (χ2n) is 5.38. The molecule has 1 fully saturated rings. The van der Waals surface area contributed by atoms with Gasteiger partial charge in [0.2, 0.25) is 0 Å². The van der Waals surface area contributed by atoms with Crippen LogP contribution in [0.1, 0.15) is 46.0 Å². The van der Waals surface area contributed by atoms with Crippen LogP contribution in [0.3, 0.4) is 0 Å². The van der Waals surface area contributed by atoms with E-state index >= 15 is 0 Å². The number of rotatable bonds is 0. The molecule has 0 aromatic heterocycles. The molecule has 0 amide bonds. The van der Waals surface area contributed by atoms with E-state index in [0.29, 0.717) is 6.42 Å². The van der Waals surface area contributed by atoms with E-state index in [9.17, 15) is 10.2 Å². The van der Waals surface area contributed by atoms with Crippen LogP contribution in [-0.4, -0.2) is 21.9 Å². The summed E-state index contributed by atoms with van der Waals surface area (Å²) in [5.74, 6) is 0. The lowest BCUT2D eigenvalue weighted by Crippen LogP contribution is -2.46. The molecule has 0 heterocycles. The Labute approximate surface area is 85.6 Å². The third-order valence-corrected chi connectivity index (χ3v) is 3.98. The van der Waals surface area contributed by atoms with E-state index in [2.05, 4.69) is 6.92 Å². The first-order chi connectivity index (χ1) is 6.44. The van der Waals surface area contributed by atoms with Crippen molar-refractivity contribution in [3.8, 4) is 0 Å². The van der Waals surface area contributed by atoms with Crippen LogP contribution in [0.2, 0.25) is 0 Å². The Morgan fingerprint density at radius 3 is 2.79 bits per heavy atom. The number of hydrogen-bond acceptors (Lipinski definition) is 2. The van der Waals surface area contributed by atoms with E-state index in [-0.39, 0.29) is 5.41 Å². The zero-order valence-corrected chi connectivity index (χ0v) is 9.08. The second kappa shape index (κ2) is 3.07. The van der Waals surface area contributed by atoms with Crippen LogP contribution in [-0.2, 0) is 0 Å². The van der Waals surface area contributed by atoms with Crippen molar-refractivity contribution >= 4 is 0 Å². The van der Waals surface area contributed by atoms with Crippen molar-refractivity contribution in [3.63, 3.8) is 0 Å². The fraction of sp³-hybridized carbons (Fsp3) is 0.833. The van der Waals surface area contributed by atoms with Gasteiger partial charge in [-0.25, -0.2) is 0 Å². The molecule has 2 rings (SSSR count). The van der Waals surface area contributed by atoms with Crippen LogP contribution < -0.4 is 0 Å². The van der Waals surface area contributed by atoms with Gasteiger partial charge in [0.05, 0.1) is 6.10 Å². The van der Waals surface area contributed by atoms with E-state index in [1.807, 2.05) is 6.08 Å². The molecule has 0 aromatic carbocycles. The lowest BCUT2D eigenvalue weighted by Gasteiger charge is -2.46. The predicted octanol–water partition coefficient (Wildman–Crippen LogP) is 2.01. The highest BCUT2D eigenvalue weighted by Gasteiger charge is 2.43. The molecule has 2 aliphatic carbocycles. The summed E-state index contributed by atoms with van der Waals surface area (Å²) in [7, 11) is 0. The van der Waals surface area contributed by atoms with E-state index in [0.717, 1.165) is 12.8 Å². The minimum Gasteiger partial charge on any atom is -0.390 e. The van der Waals surface area contributed by atoms with Gasteiger partial charge in [-0.15, -0.1) is 0 Å². The largest absolute Gasteiger partial charge is 0.390 e. The van der Waals surface area contributed by atoms with Crippen LogP contribution in [0.5, 0.6) is 0 Å². The van der Waals surface area contributed by atoms with Crippen molar-refractivity contribution in [2.24, 2.45) is 5.41 Å². The number of allylic oxidation sites excluding steroid dienone is 1. The van der Waals surface area contributed by atoms with E-state index in [1.165, 1.54) is 18.4 Å². The van der Waals surface area contributed by atoms with Gasteiger partial charge in [-0.05, 0) is 38.0 Å². The third kappa shape index (κ3) is 1.51. The molecule has 2 N–H and O–H groups in total. The van der Waals surface area contributed by atoms with Crippen molar-refractivity contribution in [2.75, 3.05) is 0 Å². The standard InChI is InChI=1S/C12H20O2/c1-11-6-4-3-5-9(11)7-12(2,14)10(13)8-11/h7,10,13-14H,3-6,8H2,1-2H3. The maximum absolute atomic E-state index is 9.97. The van der Waals surface area contributed by atoms with E-state index < -0.39 is 11.7 Å². The molecule has 3 unspecified atom stereocenters. The molecule has 0 aromatic rings. The molecule has 2 heteroatoms. The van der Waals surface area contributed by atoms with Crippen LogP contribution in [0.25, 0.3) is 0 Å². The first kappa shape index (κ1) is 10.2. The quantitative estimate of drug-likeness (QED) is 0.582. The van der Waals surface area contributed by atoms with Gasteiger partial charge in [0.15, 0.2) is 0 Å². The number of fused-ring (bicyclic) bond motifs is 1. The summed E-state index contributed by atoms with van der Waals surface area (Å²) in [6, 6.07) is 0.